The van der Waals surface area contributed by atoms with Crippen LogP contribution in [0.4, 0.5) is 11.4 Å². The molecule has 30 heavy (non-hydrogen) atoms. The van der Waals surface area contributed by atoms with Crippen molar-refractivity contribution >= 4 is 38.9 Å². The second kappa shape index (κ2) is 9.65. The van der Waals surface area contributed by atoms with E-state index in [0.717, 1.165) is 4.31 Å². The van der Waals surface area contributed by atoms with Crippen molar-refractivity contribution in [2.45, 2.75) is 11.8 Å². The summed E-state index contributed by atoms with van der Waals surface area (Å²) in [5, 5.41) is 3.15. The van der Waals surface area contributed by atoms with Gasteiger partial charge in [0.25, 0.3) is 10.0 Å². The lowest BCUT2D eigenvalue weighted by molar-refractivity contribution is -0.114. The summed E-state index contributed by atoms with van der Waals surface area (Å²) in [6, 6.07) is 21.2. The Morgan fingerprint density at radius 2 is 1.60 bits per heavy atom. The molecule has 0 aliphatic heterocycles. The molecule has 3 aromatic rings. The number of ether oxygens (including phenoxy) is 1. The summed E-state index contributed by atoms with van der Waals surface area (Å²) in [7, 11) is -3.98. The van der Waals surface area contributed by atoms with E-state index in [1.54, 1.807) is 54.6 Å². The van der Waals surface area contributed by atoms with E-state index in [-0.39, 0.29) is 11.4 Å². The van der Waals surface area contributed by atoms with E-state index in [1.807, 2.05) is 6.92 Å². The summed E-state index contributed by atoms with van der Waals surface area (Å²) in [5.41, 5.74) is 0.926. The highest BCUT2D eigenvalue weighted by molar-refractivity contribution is 7.92. The second-order valence-corrected chi connectivity index (χ2v) is 8.61. The van der Waals surface area contributed by atoms with Crippen LogP contribution < -0.4 is 14.4 Å². The van der Waals surface area contributed by atoms with Gasteiger partial charge in [0.2, 0.25) is 5.91 Å². The number of sulfonamides is 1. The monoisotopic (exact) mass is 444 g/mol. The van der Waals surface area contributed by atoms with Crippen molar-refractivity contribution in [2.24, 2.45) is 0 Å². The predicted octanol–water partition coefficient (Wildman–Crippen LogP) is 4.57. The van der Waals surface area contributed by atoms with Gasteiger partial charge in [-0.05, 0) is 67.6 Å². The largest absolute Gasteiger partial charge is 0.494 e. The molecule has 0 bridgehead atoms. The van der Waals surface area contributed by atoms with Crippen LogP contribution in [0.15, 0.2) is 83.8 Å². The average Bonchev–Trinajstić information content (AvgIpc) is 2.74. The molecule has 6 nitrogen and oxygen atoms in total. The SMILES string of the molecule is CCOc1ccc(NC(=O)CN(c2ccccc2)S(=O)(=O)c2ccc(Cl)cc2)cc1. The Morgan fingerprint density at radius 1 is 0.967 bits per heavy atom. The molecule has 156 valence electrons. The molecular formula is C22H21ClN2O4S. The third kappa shape index (κ3) is 5.31. The number of amides is 1. The number of carbonyl (C=O) groups excluding carboxylic acids is 1. The number of rotatable bonds is 8. The third-order valence-electron chi connectivity index (χ3n) is 4.18. The van der Waals surface area contributed by atoms with Gasteiger partial charge in [0.05, 0.1) is 17.2 Å². The van der Waals surface area contributed by atoms with E-state index < -0.39 is 15.9 Å². The Balaban J connectivity index is 1.84. The fourth-order valence-corrected chi connectivity index (χ4v) is 4.32. The lowest BCUT2D eigenvalue weighted by atomic mass is 10.3. The number of nitrogens with one attached hydrogen (secondary N) is 1. The summed E-state index contributed by atoms with van der Waals surface area (Å²) in [6.45, 7) is 2.04. The van der Waals surface area contributed by atoms with Crippen molar-refractivity contribution in [1.29, 1.82) is 0 Å². The van der Waals surface area contributed by atoms with Crippen molar-refractivity contribution in [1.82, 2.24) is 0 Å². The zero-order chi connectivity index (χ0) is 21.6. The highest BCUT2D eigenvalue weighted by atomic mass is 35.5. The van der Waals surface area contributed by atoms with Crippen LogP contribution in [-0.2, 0) is 14.8 Å². The van der Waals surface area contributed by atoms with E-state index in [4.69, 9.17) is 16.3 Å². The first-order valence-corrected chi connectivity index (χ1v) is 11.1. The molecule has 1 amide bonds. The van der Waals surface area contributed by atoms with Crippen LogP contribution in [-0.4, -0.2) is 27.5 Å². The number of hydrogen-bond acceptors (Lipinski definition) is 4. The van der Waals surface area contributed by atoms with Gasteiger partial charge in [-0.2, -0.15) is 0 Å². The number of hydrogen-bond donors (Lipinski definition) is 1. The van der Waals surface area contributed by atoms with Gasteiger partial charge in [-0.25, -0.2) is 8.42 Å². The van der Waals surface area contributed by atoms with Gasteiger partial charge >= 0.3 is 0 Å². The van der Waals surface area contributed by atoms with Crippen LogP contribution in [0.25, 0.3) is 0 Å². The maximum Gasteiger partial charge on any atom is 0.264 e. The van der Waals surface area contributed by atoms with Crippen molar-refractivity contribution in [2.75, 3.05) is 22.8 Å². The summed E-state index contributed by atoms with van der Waals surface area (Å²) in [4.78, 5) is 12.7. The Hall–Kier alpha value is -3.03. The molecule has 0 saturated heterocycles. The van der Waals surface area contributed by atoms with Gasteiger partial charge in [0.15, 0.2) is 0 Å². The van der Waals surface area contributed by atoms with Crippen LogP contribution in [0, 0.1) is 0 Å². The van der Waals surface area contributed by atoms with Crippen LogP contribution in [0.3, 0.4) is 0 Å². The Labute approximate surface area is 181 Å². The van der Waals surface area contributed by atoms with E-state index in [0.29, 0.717) is 28.8 Å². The molecule has 0 spiro atoms. The summed E-state index contributed by atoms with van der Waals surface area (Å²) < 4.78 is 32.9. The minimum Gasteiger partial charge on any atom is -0.494 e. The van der Waals surface area contributed by atoms with Gasteiger partial charge in [0, 0.05) is 10.7 Å². The van der Waals surface area contributed by atoms with Crippen molar-refractivity contribution < 1.29 is 17.9 Å². The van der Waals surface area contributed by atoms with Crippen molar-refractivity contribution in [3.63, 3.8) is 0 Å². The Bertz CT molecular complexity index is 1090. The van der Waals surface area contributed by atoms with Crippen LogP contribution in [0.1, 0.15) is 6.92 Å². The maximum atomic E-state index is 13.2. The van der Waals surface area contributed by atoms with E-state index in [2.05, 4.69) is 5.32 Å². The summed E-state index contributed by atoms with van der Waals surface area (Å²) in [6.07, 6.45) is 0. The van der Waals surface area contributed by atoms with Crippen LogP contribution in [0.2, 0.25) is 5.02 Å². The minimum atomic E-state index is -3.98. The first-order chi connectivity index (χ1) is 14.4. The van der Waals surface area contributed by atoms with Crippen LogP contribution in [0.5, 0.6) is 5.75 Å². The quantitative estimate of drug-likeness (QED) is 0.552. The number of carbonyl (C=O) groups is 1. The molecule has 0 aromatic heterocycles. The van der Waals surface area contributed by atoms with Crippen molar-refractivity contribution in [3.05, 3.63) is 83.9 Å². The number of benzene rings is 3. The average molecular weight is 445 g/mol. The molecule has 1 N–H and O–H groups in total. The molecule has 3 aromatic carbocycles. The molecule has 0 aliphatic carbocycles. The fraction of sp³-hybridized carbons (Fsp3) is 0.136. The molecule has 0 aliphatic rings. The third-order valence-corrected chi connectivity index (χ3v) is 6.22. The van der Waals surface area contributed by atoms with Gasteiger partial charge in [-0.15, -0.1) is 0 Å². The Kier molecular flexibility index (Phi) is 6.97. The Morgan fingerprint density at radius 3 is 2.20 bits per heavy atom. The number of para-hydroxylation sites is 1. The zero-order valence-electron chi connectivity index (χ0n) is 16.3. The predicted molar refractivity (Wildman–Crippen MR) is 119 cm³/mol. The zero-order valence-corrected chi connectivity index (χ0v) is 17.9. The molecule has 0 radical (unpaired) electrons. The summed E-state index contributed by atoms with van der Waals surface area (Å²) in [5.74, 6) is 0.215. The topological polar surface area (TPSA) is 75.7 Å². The van der Waals surface area contributed by atoms with Gasteiger partial charge in [0.1, 0.15) is 12.3 Å². The molecule has 0 atom stereocenters. The highest BCUT2D eigenvalue weighted by Crippen LogP contribution is 2.25. The second-order valence-electron chi connectivity index (χ2n) is 6.31. The normalized spacial score (nSPS) is 11.0. The number of nitrogens with zero attached hydrogens (tertiary/aromatic N) is 1. The first-order valence-electron chi connectivity index (χ1n) is 9.26. The van der Waals surface area contributed by atoms with E-state index in [9.17, 15) is 13.2 Å². The van der Waals surface area contributed by atoms with Crippen LogP contribution >= 0.6 is 11.6 Å². The van der Waals surface area contributed by atoms with Gasteiger partial charge < -0.3 is 10.1 Å². The number of halogens is 1. The van der Waals surface area contributed by atoms with Gasteiger partial charge in [-0.3, -0.25) is 9.10 Å². The number of anilines is 2. The molecule has 0 unspecified atom stereocenters. The summed E-state index contributed by atoms with van der Waals surface area (Å²) >= 11 is 5.88. The van der Waals surface area contributed by atoms with E-state index in [1.165, 1.54) is 24.3 Å². The molecular weight excluding hydrogens is 424 g/mol. The molecule has 0 heterocycles. The smallest absolute Gasteiger partial charge is 0.264 e. The van der Waals surface area contributed by atoms with Gasteiger partial charge in [-0.1, -0.05) is 29.8 Å². The lowest BCUT2D eigenvalue weighted by Gasteiger charge is -2.24. The fourth-order valence-electron chi connectivity index (χ4n) is 2.78. The maximum absolute atomic E-state index is 13.2. The minimum absolute atomic E-state index is 0.0459. The molecule has 3 rings (SSSR count). The molecule has 0 saturated carbocycles. The standard InChI is InChI=1S/C22H21ClN2O4S/c1-2-29-20-12-10-18(11-13-20)24-22(26)16-25(19-6-4-3-5-7-19)30(27,28)21-14-8-17(23)9-15-21/h3-15H,2,16H2,1H3,(H,24,26). The molecule has 0 fully saturated rings. The first kappa shape index (κ1) is 21.7. The molecule has 8 heteroatoms. The lowest BCUT2D eigenvalue weighted by Crippen LogP contribution is -2.38. The van der Waals surface area contributed by atoms with Crippen molar-refractivity contribution in [3.8, 4) is 5.75 Å². The van der Waals surface area contributed by atoms with E-state index >= 15 is 0 Å². The highest BCUT2D eigenvalue weighted by Gasteiger charge is 2.27.